The second kappa shape index (κ2) is 24.6. The molecule has 51 heavy (non-hydrogen) atoms. The fraction of sp³-hybridized carbons (Fsp3) is 0.488. The number of carbonyl (C=O) groups is 2. The number of esters is 1. The van der Waals surface area contributed by atoms with Crippen molar-refractivity contribution in [3.63, 3.8) is 0 Å². The van der Waals surface area contributed by atoms with Crippen LogP contribution in [0.4, 0.5) is 5.69 Å². The monoisotopic (exact) mass is 699 g/mol. The van der Waals surface area contributed by atoms with Crippen LogP contribution in [0.15, 0.2) is 72.8 Å². The molecule has 3 rings (SSSR count). The number of nitro groups is 1. The van der Waals surface area contributed by atoms with Crippen molar-refractivity contribution in [2.24, 2.45) is 0 Å². The Labute approximate surface area is 304 Å². The fourth-order valence-electron chi connectivity index (χ4n) is 5.72. The maximum atomic E-state index is 12.8. The molecule has 0 saturated heterocycles. The van der Waals surface area contributed by atoms with Crippen molar-refractivity contribution in [3.8, 4) is 17.2 Å². The zero-order chi connectivity index (χ0) is 36.5. The van der Waals surface area contributed by atoms with Gasteiger partial charge in [0.25, 0.3) is 0 Å². The summed E-state index contributed by atoms with van der Waals surface area (Å²) in [5.74, 6) is 0.0111. The molecule has 0 radical (unpaired) electrons. The molecule has 0 aliphatic heterocycles. The molecule has 0 amide bonds. The number of unbranched alkanes of at least 4 members (excludes halogenated alkanes) is 15. The van der Waals surface area contributed by atoms with Gasteiger partial charge >= 0.3 is 11.7 Å². The first-order chi connectivity index (χ1) is 24.9. The Balaban J connectivity index is 1.38. The van der Waals surface area contributed by atoms with E-state index >= 15 is 0 Å². The first-order valence-electron chi connectivity index (χ1n) is 19.1. The molecular formula is C43H57NO7. The molecule has 0 aliphatic carbocycles. The minimum absolute atomic E-state index is 0.105. The summed E-state index contributed by atoms with van der Waals surface area (Å²) in [6.07, 6.45) is 24.4. The average Bonchev–Trinajstić information content (AvgIpc) is 3.14. The van der Waals surface area contributed by atoms with Crippen LogP contribution in [-0.4, -0.2) is 29.9 Å². The van der Waals surface area contributed by atoms with Crippen molar-refractivity contribution >= 4 is 23.5 Å². The van der Waals surface area contributed by atoms with E-state index in [1.807, 2.05) is 24.3 Å². The van der Waals surface area contributed by atoms with E-state index < -0.39 is 22.4 Å². The van der Waals surface area contributed by atoms with E-state index in [-0.39, 0.29) is 16.9 Å². The Hall–Kier alpha value is -4.46. The third kappa shape index (κ3) is 16.4. The maximum Gasteiger partial charge on any atom is 0.343 e. The largest absolute Gasteiger partial charge is 0.494 e. The van der Waals surface area contributed by atoms with Crippen LogP contribution in [0.3, 0.4) is 0 Å². The number of hydrogen-bond donors (Lipinski definition) is 0. The van der Waals surface area contributed by atoms with Crippen LogP contribution in [0.1, 0.15) is 149 Å². The van der Waals surface area contributed by atoms with Crippen LogP contribution in [0, 0.1) is 10.1 Å². The molecule has 8 heteroatoms. The molecular weight excluding hydrogens is 642 g/mol. The number of rotatable bonds is 27. The van der Waals surface area contributed by atoms with Gasteiger partial charge in [0.1, 0.15) is 11.5 Å². The van der Waals surface area contributed by atoms with Crippen molar-refractivity contribution in [1.29, 1.82) is 0 Å². The number of nitro benzene ring substituents is 1. The van der Waals surface area contributed by atoms with Crippen LogP contribution in [-0.2, 0) is 0 Å². The first kappa shape index (κ1) is 41.0. The highest BCUT2D eigenvalue weighted by molar-refractivity contribution is 6.07. The van der Waals surface area contributed by atoms with Gasteiger partial charge in [0.2, 0.25) is 5.75 Å². The third-order valence-electron chi connectivity index (χ3n) is 8.82. The molecule has 0 saturated carbocycles. The van der Waals surface area contributed by atoms with Gasteiger partial charge < -0.3 is 14.2 Å². The van der Waals surface area contributed by atoms with Gasteiger partial charge in [0.05, 0.1) is 23.7 Å². The van der Waals surface area contributed by atoms with E-state index in [4.69, 9.17) is 14.2 Å². The quantitative estimate of drug-likeness (QED) is 0.0148. The SMILES string of the molecule is CCCCCCCCCCCCCCCCOc1ccc(C(=O)Oc2ccc(C(=O)/C=C/c3ccc(OCCCCC)cc3)cc2[N+](=O)[O-])cc1. The summed E-state index contributed by atoms with van der Waals surface area (Å²) in [4.78, 5) is 36.8. The Morgan fingerprint density at radius 1 is 0.608 bits per heavy atom. The van der Waals surface area contributed by atoms with Gasteiger partial charge in [-0.3, -0.25) is 14.9 Å². The van der Waals surface area contributed by atoms with Gasteiger partial charge in [-0.25, -0.2) is 4.79 Å². The van der Waals surface area contributed by atoms with E-state index in [2.05, 4.69) is 13.8 Å². The summed E-state index contributed by atoms with van der Waals surface area (Å²) < 4.78 is 16.9. The lowest BCUT2D eigenvalue weighted by Crippen LogP contribution is -2.10. The van der Waals surface area contributed by atoms with E-state index in [1.165, 1.54) is 95.3 Å². The van der Waals surface area contributed by atoms with Crippen molar-refractivity contribution in [3.05, 3.63) is 99.6 Å². The molecule has 0 spiro atoms. The summed E-state index contributed by atoms with van der Waals surface area (Å²) in [7, 11) is 0. The van der Waals surface area contributed by atoms with Crippen LogP contribution in [0.5, 0.6) is 17.2 Å². The predicted molar refractivity (Wildman–Crippen MR) is 205 cm³/mol. The number of carbonyl (C=O) groups excluding carboxylic acids is 2. The number of ketones is 1. The molecule has 0 bridgehead atoms. The summed E-state index contributed by atoms with van der Waals surface area (Å²) in [6.45, 7) is 5.67. The molecule has 0 atom stereocenters. The van der Waals surface area contributed by atoms with Crippen LogP contribution >= 0.6 is 0 Å². The lowest BCUT2D eigenvalue weighted by atomic mass is 10.0. The first-order valence-corrected chi connectivity index (χ1v) is 19.1. The number of ether oxygens (including phenoxy) is 3. The highest BCUT2D eigenvalue weighted by atomic mass is 16.6. The number of benzene rings is 3. The summed E-state index contributed by atoms with van der Waals surface area (Å²) >= 11 is 0. The van der Waals surface area contributed by atoms with Crippen molar-refractivity contribution in [2.75, 3.05) is 13.2 Å². The molecule has 0 heterocycles. The van der Waals surface area contributed by atoms with E-state index in [9.17, 15) is 19.7 Å². The minimum atomic E-state index is -0.742. The lowest BCUT2D eigenvalue weighted by Gasteiger charge is -2.08. The molecule has 0 N–H and O–H groups in total. The van der Waals surface area contributed by atoms with E-state index in [0.29, 0.717) is 19.0 Å². The molecule has 0 unspecified atom stereocenters. The van der Waals surface area contributed by atoms with Crippen molar-refractivity contribution in [2.45, 2.75) is 123 Å². The molecule has 3 aromatic rings. The van der Waals surface area contributed by atoms with Gasteiger partial charge in [0.15, 0.2) is 5.78 Å². The van der Waals surface area contributed by atoms with Crippen LogP contribution < -0.4 is 14.2 Å². The third-order valence-corrected chi connectivity index (χ3v) is 8.82. The topological polar surface area (TPSA) is 105 Å². The predicted octanol–water partition coefficient (Wildman–Crippen LogP) is 12.1. The van der Waals surface area contributed by atoms with Gasteiger partial charge in [0, 0.05) is 11.6 Å². The molecule has 3 aromatic carbocycles. The normalized spacial score (nSPS) is 11.1. The highest BCUT2D eigenvalue weighted by Gasteiger charge is 2.21. The average molecular weight is 700 g/mol. The Kier molecular flexibility index (Phi) is 19.8. The van der Waals surface area contributed by atoms with Crippen molar-refractivity contribution in [1.82, 2.24) is 0 Å². The lowest BCUT2D eigenvalue weighted by molar-refractivity contribution is -0.385. The minimum Gasteiger partial charge on any atom is -0.494 e. The Morgan fingerprint density at radius 2 is 1.06 bits per heavy atom. The molecule has 0 fully saturated rings. The smallest absolute Gasteiger partial charge is 0.343 e. The second-order valence-corrected chi connectivity index (χ2v) is 13.1. The zero-order valence-electron chi connectivity index (χ0n) is 30.7. The summed E-state index contributed by atoms with van der Waals surface area (Å²) in [5, 5.41) is 11.8. The van der Waals surface area contributed by atoms with Crippen LogP contribution in [0.25, 0.3) is 6.08 Å². The summed E-state index contributed by atoms with van der Waals surface area (Å²) in [5.41, 5.74) is 0.651. The van der Waals surface area contributed by atoms with Crippen LogP contribution in [0.2, 0.25) is 0 Å². The molecule has 8 nitrogen and oxygen atoms in total. The molecule has 0 aliphatic rings. The Bertz CT molecular complexity index is 1480. The molecule has 276 valence electrons. The van der Waals surface area contributed by atoms with Crippen molar-refractivity contribution < 1.29 is 28.7 Å². The number of allylic oxidation sites excluding steroid dienone is 1. The van der Waals surface area contributed by atoms with Gasteiger partial charge in [-0.1, -0.05) is 128 Å². The number of nitrogens with zero attached hydrogens (tertiary/aromatic N) is 1. The number of hydrogen-bond acceptors (Lipinski definition) is 7. The Morgan fingerprint density at radius 3 is 1.59 bits per heavy atom. The fourth-order valence-corrected chi connectivity index (χ4v) is 5.72. The van der Waals surface area contributed by atoms with E-state index in [1.54, 1.807) is 30.3 Å². The van der Waals surface area contributed by atoms with Gasteiger partial charge in [-0.2, -0.15) is 0 Å². The van der Waals surface area contributed by atoms with Gasteiger partial charge in [-0.05, 0) is 73.0 Å². The second-order valence-electron chi connectivity index (χ2n) is 13.1. The standard InChI is InChI=1S/C43H57NO7/c1-3-5-7-8-9-10-11-12-13-14-15-16-17-19-33-50-39-28-23-36(24-29-39)43(46)51-42-31-25-37(34-40(42)44(47)48)41(45)30-22-35-20-26-38(27-21-35)49-32-18-6-4-2/h20-31,34H,3-19,32-33H2,1-2H3/b30-22+. The maximum absolute atomic E-state index is 12.8. The summed E-state index contributed by atoms with van der Waals surface area (Å²) in [6, 6.07) is 17.7. The van der Waals surface area contributed by atoms with E-state index in [0.717, 1.165) is 49.5 Å². The van der Waals surface area contributed by atoms with Gasteiger partial charge in [-0.15, -0.1) is 0 Å². The zero-order valence-corrected chi connectivity index (χ0v) is 30.7. The highest BCUT2D eigenvalue weighted by Crippen LogP contribution is 2.29. The molecule has 0 aromatic heterocycles.